The average Bonchev–Trinajstić information content (AvgIpc) is 2.16. The molecule has 6 nitrogen and oxygen atoms in total. The predicted molar refractivity (Wildman–Crippen MR) is 56.3 cm³/mol. The molecule has 0 aromatic heterocycles. The van der Waals surface area contributed by atoms with Crippen molar-refractivity contribution in [3.05, 3.63) is 0 Å². The number of nitrogens with zero attached hydrogens (tertiary/aromatic N) is 3. The van der Waals surface area contributed by atoms with Crippen LogP contribution in [0.3, 0.4) is 0 Å². The van der Waals surface area contributed by atoms with Gasteiger partial charge in [-0.1, -0.05) is 0 Å². The summed E-state index contributed by atoms with van der Waals surface area (Å²) in [6, 6.07) is 0. The maximum Gasteiger partial charge on any atom is 1.00 e. The van der Waals surface area contributed by atoms with Gasteiger partial charge in [-0.25, -0.2) is 0 Å². The van der Waals surface area contributed by atoms with Crippen LogP contribution in [0.15, 0.2) is 0 Å². The van der Waals surface area contributed by atoms with Gasteiger partial charge in [-0.05, 0) is 20.8 Å². The molecule has 0 amide bonds. The Labute approximate surface area is 91.8 Å². The monoisotopic (exact) mass is 220 g/mol. The first-order chi connectivity index (χ1) is 6.91. The fraction of sp³-hybridized carbons (Fsp3) is 1.00. The quantitative estimate of drug-likeness (QED) is 0.561. The van der Waals surface area contributed by atoms with E-state index in [0.29, 0.717) is 20.0 Å². The lowest BCUT2D eigenvalue weighted by atomic mass is 10.4. The molecule has 1 aliphatic heterocycles. The van der Waals surface area contributed by atoms with Gasteiger partial charge in [0.2, 0.25) is 0 Å². The maximum absolute atomic E-state index is 9.49. The lowest BCUT2D eigenvalue weighted by Crippen LogP contribution is -2.60. The summed E-state index contributed by atoms with van der Waals surface area (Å²) in [5.74, 6) is 0. The minimum absolute atomic E-state index is 0. The Hall–Kier alpha value is -0.240. The molecule has 0 radical (unpaired) electrons. The third-order valence-electron chi connectivity index (χ3n) is 2.68. The number of hydrogen-bond donors (Lipinski definition) is 3. The van der Waals surface area contributed by atoms with Gasteiger partial charge < -0.3 is 15.3 Å². The van der Waals surface area contributed by atoms with Crippen molar-refractivity contribution in [2.75, 3.05) is 20.0 Å². The van der Waals surface area contributed by atoms with Crippen molar-refractivity contribution in [1.82, 2.24) is 14.7 Å². The van der Waals surface area contributed by atoms with E-state index in [9.17, 15) is 15.3 Å². The molecule has 1 fully saturated rings. The third-order valence-corrected chi connectivity index (χ3v) is 2.68. The average molecular weight is 220 g/mol. The Morgan fingerprint density at radius 3 is 1.07 bits per heavy atom. The maximum atomic E-state index is 9.49. The lowest BCUT2D eigenvalue weighted by molar-refractivity contribution is -0.176. The molecule has 0 spiro atoms. The fourth-order valence-corrected chi connectivity index (χ4v) is 1.54. The van der Waals surface area contributed by atoms with Crippen LogP contribution >= 0.6 is 0 Å². The van der Waals surface area contributed by atoms with Crippen LogP contribution in [0.5, 0.6) is 0 Å². The molecule has 15 heavy (non-hydrogen) atoms. The second-order valence-electron chi connectivity index (χ2n) is 4.09. The topological polar surface area (TPSA) is 70.4 Å². The van der Waals surface area contributed by atoms with Crippen molar-refractivity contribution >= 4 is 0 Å². The lowest BCUT2D eigenvalue weighted by Gasteiger charge is -2.45. The number of hydrogen-bond acceptors (Lipinski definition) is 6. The molecule has 6 heteroatoms. The van der Waals surface area contributed by atoms with Gasteiger partial charge in [-0.15, -0.1) is 0 Å². The fourth-order valence-electron chi connectivity index (χ4n) is 1.54. The zero-order valence-corrected chi connectivity index (χ0v) is 9.54. The van der Waals surface area contributed by atoms with Crippen LogP contribution in [0.25, 0.3) is 0 Å². The molecule has 0 aliphatic carbocycles. The normalized spacial score (nSPS) is 27.6. The van der Waals surface area contributed by atoms with Crippen LogP contribution < -0.4 is 0 Å². The van der Waals surface area contributed by atoms with Gasteiger partial charge in [0, 0.05) is 0 Å². The molecule has 1 aliphatic rings. The Morgan fingerprint density at radius 2 is 0.933 bits per heavy atom. The Morgan fingerprint density at radius 1 is 0.733 bits per heavy atom. The minimum atomic E-state index is -0.590. The highest BCUT2D eigenvalue weighted by atomic mass is 16.3. The SMILES string of the molecule is CC(O)N1CN(C(C)O)CN(C(C)O)C1.[H+]. The van der Waals surface area contributed by atoms with Crippen LogP contribution in [0.4, 0.5) is 0 Å². The number of aliphatic hydroxyl groups is 3. The zero-order valence-electron chi connectivity index (χ0n) is 10.5. The van der Waals surface area contributed by atoms with Gasteiger partial charge in [0.25, 0.3) is 0 Å². The van der Waals surface area contributed by atoms with Crippen molar-refractivity contribution in [1.29, 1.82) is 0 Å². The van der Waals surface area contributed by atoms with Gasteiger partial charge >= 0.3 is 1.43 Å². The van der Waals surface area contributed by atoms with Crippen molar-refractivity contribution in [3.8, 4) is 0 Å². The molecule has 0 aromatic carbocycles. The summed E-state index contributed by atoms with van der Waals surface area (Å²) in [5, 5.41) is 28.5. The van der Waals surface area contributed by atoms with Gasteiger partial charge in [-0.2, -0.15) is 0 Å². The minimum Gasteiger partial charge on any atom is -0.379 e. The molecular formula is C9H22N3O3+. The highest BCUT2D eigenvalue weighted by Gasteiger charge is 2.29. The number of aliphatic hydroxyl groups excluding tert-OH is 3. The zero-order chi connectivity index (χ0) is 11.6. The van der Waals surface area contributed by atoms with Gasteiger partial charge in [-0.3, -0.25) is 14.7 Å². The van der Waals surface area contributed by atoms with E-state index in [-0.39, 0.29) is 1.43 Å². The third kappa shape index (κ3) is 3.37. The molecule has 0 bridgehead atoms. The smallest absolute Gasteiger partial charge is 0.379 e. The first-order valence-electron chi connectivity index (χ1n) is 5.18. The molecule has 3 unspecified atom stereocenters. The largest absolute Gasteiger partial charge is 1.00 e. The summed E-state index contributed by atoms with van der Waals surface area (Å²) in [4.78, 5) is 5.30. The van der Waals surface area contributed by atoms with E-state index in [0.717, 1.165) is 0 Å². The van der Waals surface area contributed by atoms with E-state index in [1.54, 1.807) is 35.5 Å². The van der Waals surface area contributed by atoms with E-state index >= 15 is 0 Å². The molecule has 1 saturated heterocycles. The van der Waals surface area contributed by atoms with E-state index in [4.69, 9.17) is 0 Å². The summed E-state index contributed by atoms with van der Waals surface area (Å²) < 4.78 is 0. The van der Waals surface area contributed by atoms with Crippen LogP contribution in [-0.4, -0.2) is 68.7 Å². The van der Waals surface area contributed by atoms with E-state index in [2.05, 4.69) is 0 Å². The highest BCUT2D eigenvalue weighted by Crippen LogP contribution is 2.13. The second-order valence-corrected chi connectivity index (χ2v) is 4.09. The summed E-state index contributed by atoms with van der Waals surface area (Å²) >= 11 is 0. The first kappa shape index (κ1) is 12.8. The Kier molecular flexibility index (Phi) is 4.45. The first-order valence-corrected chi connectivity index (χ1v) is 5.18. The van der Waals surface area contributed by atoms with Crippen LogP contribution in [-0.2, 0) is 0 Å². The molecule has 1 heterocycles. The van der Waals surface area contributed by atoms with E-state index in [1.807, 2.05) is 0 Å². The molecular weight excluding hydrogens is 198 g/mol. The second kappa shape index (κ2) is 5.20. The number of rotatable bonds is 3. The summed E-state index contributed by atoms with van der Waals surface area (Å²) in [5.41, 5.74) is 0. The molecule has 0 aromatic rings. The molecule has 0 saturated carbocycles. The standard InChI is InChI=1S/C9H21N3O3/c1-7(13)10-4-11(8(2)14)6-12(5-10)9(3)15/h7-9,13-15H,4-6H2,1-3H3/p+1. The van der Waals surface area contributed by atoms with Gasteiger partial charge in [0.05, 0.1) is 20.0 Å². The molecule has 1 rings (SSSR count). The van der Waals surface area contributed by atoms with Crippen molar-refractivity contribution in [3.63, 3.8) is 0 Å². The molecule has 3 N–H and O–H groups in total. The van der Waals surface area contributed by atoms with E-state index < -0.39 is 18.7 Å². The highest BCUT2D eigenvalue weighted by molar-refractivity contribution is 4.71. The van der Waals surface area contributed by atoms with Gasteiger partial charge in [0.1, 0.15) is 18.7 Å². The van der Waals surface area contributed by atoms with Crippen molar-refractivity contribution < 1.29 is 16.7 Å². The molecule has 90 valence electrons. The van der Waals surface area contributed by atoms with Crippen molar-refractivity contribution in [2.45, 2.75) is 39.5 Å². The Bertz CT molecular complexity index is 165. The van der Waals surface area contributed by atoms with Crippen LogP contribution in [0.1, 0.15) is 22.2 Å². The van der Waals surface area contributed by atoms with E-state index in [1.165, 1.54) is 0 Å². The summed E-state index contributed by atoms with van der Waals surface area (Å²) in [7, 11) is 0. The van der Waals surface area contributed by atoms with Gasteiger partial charge in [0.15, 0.2) is 0 Å². The Balaban J connectivity index is 0.00000225. The summed E-state index contributed by atoms with van der Waals surface area (Å²) in [6.45, 7) is 6.51. The van der Waals surface area contributed by atoms with Crippen LogP contribution in [0.2, 0.25) is 0 Å². The predicted octanol–water partition coefficient (Wildman–Crippen LogP) is -1.09. The van der Waals surface area contributed by atoms with Crippen LogP contribution in [0, 0.1) is 0 Å². The van der Waals surface area contributed by atoms with Crippen molar-refractivity contribution in [2.24, 2.45) is 0 Å². The summed E-state index contributed by atoms with van der Waals surface area (Å²) in [6.07, 6.45) is -1.77. The molecule has 3 atom stereocenters.